The predicted molar refractivity (Wildman–Crippen MR) is 144 cm³/mol. The summed E-state index contributed by atoms with van der Waals surface area (Å²) >= 11 is 0. The van der Waals surface area contributed by atoms with Gasteiger partial charge in [-0.05, 0) is 75.0 Å². The van der Waals surface area contributed by atoms with Crippen molar-refractivity contribution < 1.29 is 14.6 Å². The Morgan fingerprint density at radius 3 is 2.70 bits per heavy atom. The van der Waals surface area contributed by atoms with Gasteiger partial charge in [-0.25, -0.2) is 4.99 Å². The lowest BCUT2D eigenvalue weighted by molar-refractivity contribution is 0.0669. The Balaban J connectivity index is 1.39. The number of amidine groups is 1. The van der Waals surface area contributed by atoms with Gasteiger partial charge in [0.15, 0.2) is 0 Å². The van der Waals surface area contributed by atoms with Crippen LogP contribution in [0.25, 0.3) is 5.57 Å². The fraction of sp³-hybridized carbons (Fsp3) is 0.536. The van der Waals surface area contributed by atoms with Crippen LogP contribution in [0, 0.1) is 18.3 Å². The summed E-state index contributed by atoms with van der Waals surface area (Å²) in [6, 6.07) is 5.90. The standard InChI is InChI=1S/C28H38N6O3/c1-17-13-19(5-8-21(17)28(36)31-20-6-7-20)22(15-29)27-33-25(30-16-18-9-11-37-12-10-18)14-26(34-27)32-23-3-2-4-24(23)35/h5,8,13-15,18,20,23-24,29-30,33,35H,2-4,6-7,9-12,16H2,1H3,(H,31,36)(H,32,34)/b27-22-,29-15?/t23-,24?/m0/s1. The summed E-state index contributed by atoms with van der Waals surface area (Å²) in [7, 11) is 0. The molecular formula is C28H38N6O3. The second kappa shape index (κ2) is 11.5. The lowest BCUT2D eigenvalue weighted by atomic mass is 9.99. The van der Waals surface area contributed by atoms with Crippen LogP contribution in [0.2, 0.25) is 0 Å². The molecule has 1 aromatic rings. The number of amides is 1. The number of carbonyl (C=O) groups excluding carboxylic acids is 1. The quantitative estimate of drug-likeness (QED) is 0.301. The van der Waals surface area contributed by atoms with Gasteiger partial charge in [0, 0.05) is 49.2 Å². The molecular weight excluding hydrogens is 468 g/mol. The maximum absolute atomic E-state index is 12.6. The topological polar surface area (TPSA) is 131 Å². The molecule has 2 saturated carbocycles. The van der Waals surface area contributed by atoms with E-state index in [9.17, 15) is 9.90 Å². The van der Waals surface area contributed by atoms with Crippen molar-refractivity contribution in [3.63, 3.8) is 0 Å². The van der Waals surface area contributed by atoms with Crippen molar-refractivity contribution in [2.24, 2.45) is 10.9 Å². The van der Waals surface area contributed by atoms with Crippen molar-refractivity contribution in [1.82, 2.24) is 21.3 Å². The molecule has 37 heavy (non-hydrogen) atoms. The Bertz CT molecular complexity index is 1120. The minimum absolute atomic E-state index is 0.0407. The van der Waals surface area contributed by atoms with Crippen molar-refractivity contribution in [2.45, 2.75) is 70.1 Å². The summed E-state index contributed by atoms with van der Waals surface area (Å²) in [6.45, 7) is 4.33. The molecule has 9 nitrogen and oxygen atoms in total. The number of rotatable bonds is 8. The number of aryl methyl sites for hydroxylation is 1. The second-order valence-electron chi connectivity index (χ2n) is 10.5. The van der Waals surface area contributed by atoms with Crippen LogP contribution in [0.3, 0.4) is 0 Å². The van der Waals surface area contributed by atoms with Crippen molar-refractivity contribution >= 4 is 23.5 Å². The zero-order chi connectivity index (χ0) is 25.8. The fourth-order valence-electron chi connectivity index (χ4n) is 5.15. The average molecular weight is 507 g/mol. The molecule has 5 rings (SSSR count). The first-order valence-electron chi connectivity index (χ1n) is 13.5. The maximum Gasteiger partial charge on any atom is 0.251 e. The van der Waals surface area contributed by atoms with Crippen molar-refractivity contribution in [3.05, 3.63) is 52.6 Å². The molecule has 2 aliphatic carbocycles. The predicted octanol–water partition coefficient (Wildman–Crippen LogP) is 2.57. The molecule has 1 unspecified atom stereocenters. The molecule has 0 spiro atoms. The third kappa shape index (κ3) is 6.40. The van der Waals surface area contributed by atoms with Gasteiger partial charge < -0.3 is 36.5 Å². The SMILES string of the molecule is Cc1cc(/C(C=N)=C2\N=C(N[C@H]3CCCC3O)C=C(NCC3CCOCC3)N2)ccc1C(=O)NC1CC1. The number of carbonyl (C=O) groups is 1. The minimum Gasteiger partial charge on any atom is -0.391 e. The van der Waals surface area contributed by atoms with Gasteiger partial charge in [-0.1, -0.05) is 12.1 Å². The molecule has 1 saturated heterocycles. The summed E-state index contributed by atoms with van der Waals surface area (Å²) in [5.74, 6) is 2.51. The number of hydrogen-bond acceptors (Lipinski definition) is 8. The van der Waals surface area contributed by atoms with E-state index in [1.54, 1.807) is 0 Å². The first kappa shape index (κ1) is 25.5. The molecule has 2 atom stereocenters. The summed E-state index contributed by atoms with van der Waals surface area (Å²) in [5, 5.41) is 31.9. The Morgan fingerprint density at radius 2 is 2.03 bits per heavy atom. The Morgan fingerprint density at radius 1 is 1.22 bits per heavy atom. The second-order valence-corrected chi connectivity index (χ2v) is 10.5. The zero-order valence-electron chi connectivity index (χ0n) is 21.5. The highest BCUT2D eigenvalue weighted by molar-refractivity contribution is 6.11. The first-order chi connectivity index (χ1) is 18.0. The molecule has 1 aromatic carbocycles. The molecule has 0 radical (unpaired) electrons. The van der Waals surface area contributed by atoms with Gasteiger partial charge in [-0.3, -0.25) is 4.79 Å². The monoisotopic (exact) mass is 506 g/mol. The van der Waals surface area contributed by atoms with Crippen LogP contribution in [0.5, 0.6) is 0 Å². The molecule has 0 bridgehead atoms. The van der Waals surface area contributed by atoms with Gasteiger partial charge in [0.25, 0.3) is 5.91 Å². The van der Waals surface area contributed by atoms with E-state index < -0.39 is 6.10 Å². The Kier molecular flexibility index (Phi) is 7.90. The Labute approximate surface area is 218 Å². The van der Waals surface area contributed by atoms with Crippen molar-refractivity contribution in [2.75, 3.05) is 19.8 Å². The summed E-state index contributed by atoms with van der Waals surface area (Å²) in [5.41, 5.74) is 2.95. The number of allylic oxidation sites excluding steroid dienone is 1. The molecule has 3 fully saturated rings. The number of nitrogens with one attached hydrogen (secondary N) is 5. The highest BCUT2D eigenvalue weighted by atomic mass is 16.5. The van der Waals surface area contributed by atoms with Crippen LogP contribution < -0.4 is 21.3 Å². The van der Waals surface area contributed by atoms with E-state index in [0.29, 0.717) is 34.8 Å². The third-order valence-corrected chi connectivity index (χ3v) is 7.60. The molecule has 0 aromatic heterocycles. The summed E-state index contributed by atoms with van der Waals surface area (Å²) < 4.78 is 5.49. The molecule has 1 amide bonds. The molecule has 9 heteroatoms. The molecule has 4 aliphatic rings. The average Bonchev–Trinajstić information content (AvgIpc) is 3.63. The van der Waals surface area contributed by atoms with Gasteiger partial charge in [0.1, 0.15) is 17.5 Å². The van der Waals surface area contributed by atoms with Crippen LogP contribution in [0.4, 0.5) is 0 Å². The van der Waals surface area contributed by atoms with Gasteiger partial charge in [0.05, 0.1) is 12.1 Å². The molecule has 2 aliphatic heterocycles. The van der Waals surface area contributed by atoms with Crippen LogP contribution in [0.1, 0.15) is 66.4 Å². The van der Waals surface area contributed by atoms with Crippen molar-refractivity contribution in [1.29, 1.82) is 5.41 Å². The molecule has 198 valence electrons. The first-order valence-corrected chi connectivity index (χ1v) is 13.5. The van der Waals surface area contributed by atoms with E-state index >= 15 is 0 Å². The van der Waals surface area contributed by atoms with Crippen LogP contribution in [-0.2, 0) is 4.74 Å². The summed E-state index contributed by atoms with van der Waals surface area (Å²) in [6.07, 6.45) is 9.66. The normalized spacial score (nSPS) is 25.5. The number of aliphatic hydroxyl groups is 1. The fourth-order valence-corrected chi connectivity index (χ4v) is 5.15. The van der Waals surface area contributed by atoms with E-state index in [0.717, 1.165) is 81.7 Å². The smallest absolute Gasteiger partial charge is 0.251 e. The Hall–Kier alpha value is -3.17. The highest BCUT2D eigenvalue weighted by Gasteiger charge is 2.27. The largest absolute Gasteiger partial charge is 0.391 e. The number of aliphatic hydroxyl groups excluding tert-OH is 1. The number of hydrogen-bond donors (Lipinski definition) is 6. The van der Waals surface area contributed by atoms with E-state index in [1.165, 1.54) is 6.21 Å². The van der Waals surface area contributed by atoms with E-state index in [4.69, 9.17) is 15.1 Å². The van der Waals surface area contributed by atoms with Gasteiger partial charge in [0.2, 0.25) is 0 Å². The summed E-state index contributed by atoms with van der Waals surface area (Å²) in [4.78, 5) is 17.4. The number of ether oxygens (including phenoxy) is 1. The van der Waals surface area contributed by atoms with E-state index in [1.807, 2.05) is 31.2 Å². The van der Waals surface area contributed by atoms with E-state index in [2.05, 4.69) is 21.3 Å². The molecule has 6 N–H and O–H groups in total. The van der Waals surface area contributed by atoms with Crippen LogP contribution >= 0.6 is 0 Å². The number of benzene rings is 1. The zero-order valence-corrected chi connectivity index (χ0v) is 21.5. The van der Waals surface area contributed by atoms with Gasteiger partial charge >= 0.3 is 0 Å². The lowest BCUT2D eigenvalue weighted by Gasteiger charge is -2.27. The van der Waals surface area contributed by atoms with Crippen molar-refractivity contribution in [3.8, 4) is 0 Å². The lowest BCUT2D eigenvalue weighted by Crippen LogP contribution is -2.42. The number of nitrogens with zero attached hydrogens (tertiary/aromatic N) is 1. The van der Waals surface area contributed by atoms with Gasteiger partial charge in [-0.15, -0.1) is 0 Å². The number of aliphatic imine (C=N–C) groups is 1. The van der Waals surface area contributed by atoms with Gasteiger partial charge in [-0.2, -0.15) is 0 Å². The third-order valence-electron chi connectivity index (χ3n) is 7.60. The molecule has 2 heterocycles. The van der Waals surface area contributed by atoms with E-state index in [-0.39, 0.29) is 11.9 Å². The minimum atomic E-state index is -0.392. The van der Waals surface area contributed by atoms with Crippen LogP contribution in [0.15, 0.2) is 40.9 Å². The maximum atomic E-state index is 12.6. The highest BCUT2D eigenvalue weighted by Crippen LogP contribution is 2.25. The van der Waals surface area contributed by atoms with Crippen LogP contribution in [-0.4, -0.2) is 61.0 Å².